The molecule has 0 amide bonds. The molecule has 2 unspecified atom stereocenters. The Hall–Kier alpha value is -0.660. The number of hydrogen-bond acceptors (Lipinski definition) is 3. The second kappa shape index (κ2) is 5.14. The molecule has 7 heteroatoms. The van der Waals surface area contributed by atoms with Crippen molar-refractivity contribution in [2.75, 3.05) is 13.1 Å². The average molecular weight is 276 g/mol. The van der Waals surface area contributed by atoms with Crippen LogP contribution in [-0.4, -0.2) is 42.9 Å². The van der Waals surface area contributed by atoms with E-state index in [2.05, 4.69) is 4.72 Å². The van der Waals surface area contributed by atoms with Crippen LogP contribution in [0.25, 0.3) is 0 Å². The number of nitrogens with zero attached hydrogens (tertiary/aromatic N) is 1. The number of carbonyl (C=O) groups is 1. The first kappa shape index (κ1) is 13.8. The molecule has 2 rings (SSSR count). The fourth-order valence-electron chi connectivity index (χ4n) is 2.36. The van der Waals surface area contributed by atoms with E-state index in [1.807, 2.05) is 6.92 Å². The van der Waals surface area contributed by atoms with Crippen LogP contribution in [0.2, 0.25) is 0 Å². The van der Waals surface area contributed by atoms with E-state index < -0.39 is 22.1 Å². The molecule has 0 radical (unpaired) electrons. The van der Waals surface area contributed by atoms with Gasteiger partial charge in [-0.1, -0.05) is 0 Å². The molecule has 0 aromatic carbocycles. The molecule has 0 aromatic rings. The van der Waals surface area contributed by atoms with Gasteiger partial charge in [-0.05, 0) is 38.5 Å². The van der Waals surface area contributed by atoms with Crippen LogP contribution in [0.1, 0.15) is 32.6 Å². The lowest BCUT2D eigenvalue weighted by molar-refractivity contribution is -0.142. The molecule has 6 nitrogen and oxygen atoms in total. The van der Waals surface area contributed by atoms with Crippen molar-refractivity contribution in [3.05, 3.63) is 0 Å². The molecule has 1 aliphatic heterocycles. The molecule has 2 aliphatic rings. The van der Waals surface area contributed by atoms with Crippen molar-refractivity contribution in [3.63, 3.8) is 0 Å². The van der Waals surface area contributed by atoms with Crippen molar-refractivity contribution >= 4 is 16.2 Å². The lowest BCUT2D eigenvalue weighted by atomic mass is 10.0. The fourth-order valence-corrected chi connectivity index (χ4v) is 3.92. The minimum atomic E-state index is -3.53. The first-order chi connectivity index (χ1) is 8.40. The standard InChI is InChI=1S/C11H20N2O4S/c1-8(9-4-5-9)12-18(16,17)13-6-2-3-10(7-13)11(14)15/h8-10,12H,2-7H2,1H3,(H,14,15). The maximum absolute atomic E-state index is 12.1. The number of carboxylic acids is 1. The summed E-state index contributed by atoms with van der Waals surface area (Å²) < 4.78 is 28.2. The Morgan fingerprint density at radius 1 is 1.39 bits per heavy atom. The Kier molecular flexibility index (Phi) is 3.93. The predicted molar refractivity (Wildman–Crippen MR) is 66.2 cm³/mol. The number of carboxylic acid groups (broad SMARTS) is 1. The normalized spacial score (nSPS) is 27.9. The molecule has 1 saturated carbocycles. The smallest absolute Gasteiger partial charge is 0.307 e. The maximum Gasteiger partial charge on any atom is 0.307 e. The van der Waals surface area contributed by atoms with Gasteiger partial charge in [0, 0.05) is 19.1 Å². The minimum Gasteiger partial charge on any atom is -0.481 e. The lowest BCUT2D eigenvalue weighted by Crippen LogP contribution is -2.49. The second-order valence-electron chi connectivity index (χ2n) is 5.28. The second-order valence-corrected chi connectivity index (χ2v) is 6.99. The number of nitrogens with one attached hydrogen (secondary N) is 1. The molecule has 0 aromatic heterocycles. The van der Waals surface area contributed by atoms with E-state index in [-0.39, 0.29) is 12.6 Å². The SMILES string of the molecule is CC(NS(=O)(=O)N1CCCC(C(=O)O)C1)C1CC1. The summed E-state index contributed by atoms with van der Waals surface area (Å²) in [5.74, 6) is -1.04. The highest BCUT2D eigenvalue weighted by atomic mass is 32.2. The van der Waals surface area contributed by atoms with Crippen molar-refractivity contribution in [3.8, 4) is 0 Å². The van der Waals surface area contributed by atoms with Crippen molar-refractivity contribution in [2.24, 2.45) is 11.8 Å². The van der Waals surface area contributed by atoms with Crippen LogP contribution in [0.4, 0.5) is 0 Å². The average Bonchev–Trinajstić information content (AvgIpc) is 3.12. The van der Waals surface area contributed by atoms with Gasteiger partial charge in [-0.25, -0.2) is 0 Å². The highest BCUT2D eigenvalue weighted by Crippen LogP contribution is 2.33. The number of hydrogen-bond donors (Lipinski definition) is 2. The molecule has 2 N–H and O–H groups in total. The van der Waals surface area contributed by atoms with Crippen LogP contribution >= 0.6 is 0 Å². The molecular weight excluding hydrogens is 256 g/mol. The van der Waals surface area contributed by atoms with Gasteiger partial charge in [0.1, 0.15) is 0 Å². The summed E-state index contributed by atoms with van der Waals surface area (Å²) in [6.45, 7) is 2.37. The third kappa shape index (κ3) is 3.21. The zero-order valence-electron chi connectivity index (χ0n) is 10.5. The molecule has 2 atom stereocenters. The van der Waals surface area contributed by atoms with E-state index in [0.29, 0.717) is 25.3 Å². The third-order valence-corrected chi connectivity index (χ3v) is 5.42. The largest absolute Gasteiger partial charge is 0.481 e. The first-order valence-corrected chi connectivity index (χ1v) is 7.84. The highest BCUT2D eigenvalue weighted by molar-refractivity contribution is 7.87. The summed E-state index contributed by atoms with van der Waals surface area (Å²) in [6.07, 6.45) is 3.30. The Balaban J connectivity index is 1.97. The van der Waals surface area contributed by atoms with Crippen LogP contribution < -0.4 is 4.72 Å². The summed E-state index contributed by atoms with van der Waals surface area (Å²) in [6, 6.07) is -0.0554. The quantitative estimate of drug-likeness (QED) is 0.761. The van der Waals surface area contributed by atoms with Crippen LogP contribution in [0.5, 0.6) is 0 Å². The van der Waals surface area contributed by atoms with E-state index in [0.717, 1.165) is 12.8 Å². The zero-order valence-corrected chi connectivity index (χ0v) is 11.3. The van der Waals surface area contributed by atoms with Crippen LogP contribution in [-0.2, 0) is 15.0 Å². The van der Waals surface area contributed by atoms with Crippen molar-refractivity contribution < 1.29 is 18.3 Å². The summed E-state index contributed by atoms with van der Waals surface area (Å²) >= 11 is 0. The number of aliphatic carboxylic acids is 1. The molecule has 1 heterocycles. The minimum absolute atomic E-state index is 0.0554. The zero-order chi connectivity index (χ0) is 13.3. The molecular formula is C11H20N2O4S. The van der Waals surface area contributed by atoms with E-state index >= 15 is 0 Å². The van der Waals surface area contributed by atoms with Crippen molar-refractivity contribution in [2.45, 2.75) is 38.6 Å². The first-order valence-electron chi connectivity index (χ1n) is 6.40. The van der Waals surface area contributed by atoms with Crippen molar-refractivity contribution in [1.82, 2.24) is 9.03 Å². The number of rotatable bonds is 5. The molecule has 1 saturated heterocycles. The molecule has 18 heavy (non-hydrogen) atoms. The van der Waals surface area contributed by atoms with E-state index in [1.165, 1.54) is 4.31 Å². The number of piperidine rings is 1. The van der Waals surface area contributed by atoms with Gasteiger partial charge >= 0.3 is 5.97 Å². The van der Waals surface area contributed by atoms with Gasteiger partial charge in [-0.3, -0.25) is 4.79 Å². The highest BCUT2D eigenvalue weighted by Gasteiger charge is 2.36. The monoisotopic (exact) mass is 276 g/mol. The van der Waals surface area contributed by atoms with Gasteiger partial charge in [0.2, 0.25) is 0 Å². The molecule has 104 valence electrons. The van der Waals surface area contributed by atoms with Gasteiger partial charge in [0.15, 0.2) is 0 Å². The van der Waals surface area contributed by atoms with E-state index in [4.69, 9.17) is 5.11 Å². The molecule has 0 spiro atoms. The van der Waals surface area contributed by atoms with Crippen LogP contribution in [0.15, 0.2) is 0 Å². The lowest BCUT2D eigenvalue weighted by Gasteiger charge is -2.30. The van der Waals surface area contributed by atoms with Crippen LogP contribution in [0, 0.1) is 11.8 Å². The third-order valence-electron chi connectivity index (χ3n) is 3.74. The van der Waals surface area contributed by atoms with Crippen molar-refractivity contribution in [1.29, 1.82) is 0 Å². The molecule has 0 bridgehead atoms. The van der Waals surface area contributed by atoms with Gasteiger partial charge < -0.3 is 5.11 Å². The summed E-state index contributed by atoms with van der Waals surface area (Å²) in [4.78, 5) is 10.9. The summed E-state index contributed by atoms with van der Waals surface area (Å²) in [7, 11) is -3.53. The Labute approximate surface area is 108 Å². The van der Waals surface area contributed by atoms with Gasteiger partial charge in [0.05, 0.1) is 5.92 Å². The molecule has 2 fully saturated rings. The Bertz CT molecular complexity index is 419. The summed E-state index contributed by atoms with van der Waals surface area (Å²) in [5.41, 5.74) is 0. The topological polar surface area (TPSA) is 86.7 Å². The summed E-state index contributed by atoms with van der Waals surface area (Å²) in [5, 5.41) is 8.96. The maximum atomic E-state index is 12.1. The molecule has 1 aliphatic carbocycles. The van der Waals surface area contributed by atoms with Gasteiger partial charge in [0.25, 0.3) is 10.2 Å². The Morgan fingerprint density at radius 2 is 2.06 bits per heavy atom. The van der Waals surface area contributed by atoms with Crippen LogP contribution in [0.3, 0.4) is 0 Å². The van der Waals surface area contributed by atoms with Gasteiger partial charge in [-0.15, -0.1) is 0 Å². The van der Waals surface area contributed by atoms with E-state index in [1.54, 1.807) is 0 Å². The Morgan fingerprint density at radius 3 is 2.61 bits per heavy atom. The fraction of sp³-hybridized carbons (Fsp3) is 0.909. The predicted octanol–water partition coefficient (Wildman–Crippen LogP) is 0.416. The van der Waals surface area contributed by atoms with E-state index in [9.17, 15) is 13.2 Å². The van der Waals surface area contributed by atoms with Gasteiger partial charge in [-0.2, -0.15) is 17.4 Å².